The van der Waals surface area contributed by atoms with E-state index in [1.54, 1.807) is 18.0 Å². The SMILES string of the molecule is Cn1cnc(C(=O)N2CCC(C(=O)Nc3cccc(F)c3)CC2)cc1=O. The second-order valence-electron chi connectivity index (χ2n) is 6.29. The average Bonchev–Trinajstić information content (AvgIpc) is 2.63. The highest BCUT2D eigenvalue weighted by molar-refractivity contribution is 5.94. The second-order valence-corrected chi connectivity index (χ2v) is 6.29. The molecule has 2 amide bonds. The van der Waals surface area contributed by atoms with Crippen LogP contribution in [0.2, 0.25) is 0 Å². The summed E-state index contributed by atoms with van der Waals surface area (Å²) in [7, 11) is 1.56. The molecule has 0 unspecified atom stereocenters. The number of anilines is 1. The Balaban J connectivity index is 1.58. The minimum absolute atomic E-state index is 0.107. The maximum atomic E-state index is 13.2. The number of carbonyl (C=O) groups is 2. The summed E-state index contributed by atoms with van der Waals surface area (Å²) in [6.45, 7) is 0.800. The van der Waals surface area contributed by atoms with E-state index in [-0.39, 0.29) is 29.0 Å². The maximum absolute atomic E-state index is 13.2. The number of hydrogen-bond donors (Lipinski definition) is 1. The monoisotopic (exact) mass is 358 g/mol. The van der Waals surface area contributed by atoms with Gasteiger partial charge >= 0.3 is 0 Å². The minimum Gasteiger partial charge on any atom is -0.337 e. The number of carbonyl (C=O) groups excluding carboxylic acids is 2. The maximum Gasteiger partial charge on any atom is 0.272 e. The molecule has 1 aromatic carbocycles. The number of nitrogens with zero attached hydrogens (tertiary/aromatic N) is 3. The van der Waals surface area contributed by atoms with Crippen molar-refractivity contribution in [3.05, 3.63) is 58.5 Å². The van der Waals surface area contributed by atoms with Crippen LogP contribution in [-0.4, -0.2) is 39.4 Å². The van der Waals surface area contributed by atoms with Crippen LogP contribution >= 0.6 is 0 Å². The van der Waals surface area contributed by atoms with Crippen molar-refractivity contribution >= 4 is 17.5 Å². The first kappa shape index (κ1) is 17.8. The predicted octanol–water partition coefficient (Wildman–Crippen LogP) is 1.41. The number of likely N-dealkylation sites (tertiary alicyclic amines) is 1. The molecule has 1 fully saturated rings. The quantitative estimate of drug-likeness (QED) is 0.899. The lowest BCUT2D eigenvalue weighted by molar-refractivity contribution is -0.121. The van der Waals surface area contributed by atoms with E-state index >= 15 is 0 Å². The van der Waals surface area contributed by atoms with Crippen LogP contribution in [-0.2, 0) is 11.8 Å². The van der Waals surface area contributed by atoms with Gasteiger partial charge < -0.3 is 14.8 Å². The molecule has 2 heterocycles. The molecule has 1 aliphatic rings. The molecule has 0 radical (unpaired) electrons. The Bertz CT molecular complexity index is 888. The van der Waals surface area contributed by atoms with Gasteiger partial charge in [-0.1, -0.05) is 6.07 Å². The van der Waals surface area contributed by atoms with Crippen LogP contribution < -0.4 is 10.9 Å². The summed E-state index contributed by atoms with van der Waals surface area (Å²) in [6.07, 6.45) is 2.31. The van der Waals surface area contributed by atoms with Gasteiger partial charge in [-0.05, 0) is 31.0 Å². The van der Waals surface area contributed by atoms with Crippen molar-refractivity contribution in [2.24, 2.45) is 13.0 Å². The van der Waals surface area contributed by atoms with Gasteiger partial charge in [0.2, 0.25) is 5.91 Å². The molecule has 0 bridgehead atoms. The molecule has 2 aromatic rings. The third kappa shape index (κ3) is 3.96. The highest BCUT2D eigenvalue weighted by Crippen LogP contribution is 2.21. The van der Waals surface area contributed by atoms with Crippen LogP contribution in [0.4, 0.5) is 10.1 Å². The van der Waals surface area contributed by atoms with E-state index in [0.29, 0.717) is 31.6 Å². The molecule has 26 heavy (non-hydrogen) atoms. The first-order chi connectivity index (χ1) is 12.4. The van der Waals surface area contributed by atoms with Gasteiger partial charge in [0.05, 0.1) is 6.33 Å². The topological polar surface area (TPSA) is 84.3 Å². The van der Waals surface area contributed by atoms with Crippen LogP contribution in [0, 0.1) is 11.7 Å². The molecule has 8 heteroatoms. The number of aryl methyl sites for hydroxylation is 1. The molecule has 0 aliphatic carbocycles. The number of hydrogen-bond acceptors (Lipinski definition) is 4. The normalized spacial score (nSPS) is 14.9. The number of benzene rings is 1. The molecule has 1 N–H and O–H groups in total. The molecule has 7 nitrogen and oxygen atoms in total. The minimum atomic E-state index is -0.412. The van der Waals surface area contributed by atoms with Crippen molar-refractivity contribution in [2.45, 2.75) is 12.8 Å². The molecule has 0 spiro atoms. The lowest BCUT2D eigenvalue weighted by Crippen LogP contribution is -2.42. The number of amides is 2. The summed E-state index contributed by atoms with van der Waals surface area (Å²) in [4.78, 5) is 42.0. The van der Waals surface area contributed by atoms with Gasteiger partial charge in [-0.3, -0.25) is 14.4 Å². The van der Waals surface area contributed by atoms with Gasteiger partial charge in [0.25, 0.3) is 11.5 Å². The summed E-state index contributed by atoms with van der Waals surface area (Å²) in [6, 6.07) is 6.94. The highest BCUT2D eigenvalue weighted by atomic mass is 19.1. The number of halogens is 1. The van der Waals surface area contributed by atoms with Gasteiger partial charge in [0.15, 0.2) is 0 Å². The van der Waals surface area contributed by atoms with Crippen LogP contribution in [0.3, 0.4) is 0 Å². The highest BCUT2D eigenvalue weighted by Gasteiger charge is 2.28. The van der Waals surface area contributed by atoms with Crippen molar-refractivity contribution in [3.63, 3.8) is 0 Å². The van der Waals surface area contributed by atoms with Gasteiger partial charge in [-0.25, -0.2) is 9.37 Å². The van der Waals surface area contributed by atoms with Gasteiger partial charge in [-0.2, -0.15) is 0 Å². The summed E-state index contributed by atoms with van der Waals surface area (Å²) in [5.41, 5.74) is 0.223. The molecule has 3 rings (SSSR count). The summed E-state index contributed by atoms with van der Waals surface area (Å²) >= 11 is 0. The number of aromatic nitrogens is 2. The zero-order valence-corrected chi connectivity index (χ0v) is 14.3. The number of piperidine rings is 1. The van der Waals surface area contributed by atoms with E-state index in [4.69, 9.17) is 0 Å². The lowest BCUT2D eigenvalue weighted by Gasteiger charge is -2.31. The molecule has 136 valence electrons. The Labute approximate surface area is 149 Å². The zero-order chi connectivity index (χ0) is 18.7. The van der Waals surface area contributed by atoms with Gasteiger partial charge in [0, 0.05) is 37.8 Å². The van der Waals surface area contributed by atoms with E-state index < -0.39 is 5.82 Å². The van der Waals surface area contributed by atoms with E-state index in [9.17, 15) is 18.8 Å². The predicted molar refractivity (Wildman–Crippen MR) is 93.1 cm³/mol. The Morgan fingerprint density at radius 2 is 1.96 bits per heavy atom. The first-order valence-corrected chi connectivity index (χ1v) is 8.32. The third-order valence-corrected chi connectivity index (χ3v) is 4.44. The molecule has 1 aromatic heterocycles. The van der Waals surface area contributed by atoms with Gasteiger partial charge in [0.1, 0.15) is 11.5 Å². The largest absolute Gasteiger partial charge is 0.337 e. The van der Waals surface area contributed by atoms with Crippen molar-refractivity contribution < 1.29 is 14.0 Å². The Morgan fingerprint density at radius 3 is 2.62 bits per heavy atom. The van der Waals surface area contributed by atoms with E-state index in [1.807, 2.05) is 0 Å². The van der Waals surface area contributed by atoms with Crippen molar-refractivity contribution in [1.29, 1.82) is 0 Å². The summed E-state index contributed by atoms with van der Waals surface area (Å²) < 4.78 is 14.5. The van der Waals surface area contributed by atoms with E-state index in [2.05, 4.69) is 10.3 Å². The second kappa shape index (κ2) is 7.47. The standard InChI is InChI=1S/C18H19FN4O3/c1-22-11-20-15(10-16(22)24)18(26)23-7-5-12(6-8-23)17(25)21-14-4-2-3-13(19)9-14/h2-4,9-12H,5-8H2,1H3,(H,21,25). The summed E-state index contributed by atoms with van der Waals surface area (Å²) in [5.74, 6) is -1.16. The molecule has 1 saturated heterocycles. The number of rotatable bonds is 3. The van der Waals surface area contributed by atoms with E-state index in [0.717, 1.165) is 0 Å². The third-order valence-electron chi connectivity index (χ3n) is 4.44. The first-order valence-electron chi connectivity index (χ1n) is 8.32. The molecular formula is C18H19FN4O3. The van der Waals surface area contributed by atoms with Gasteiger partial charge in [-0.15, -0.1) is 0 Å². The lowest BCUT2D eigenvalue weighted by atomic mass is 9.95. The van der Waals surface area contributed by atoms with Crippen LogP contribution in [0.25, 0.3) is 0 Å². The number of nitrogens with one attached hydrogen (secondary N) is 1. The fourth-order valence-electron chi connectivity index (χ4n) is 2.90. The Kier molecular flexibility index (Phi) is 5.11. The van der Waals surface area contributed by atoms with E-state index in [1.165, 1.54) is 35.2 Å². The molecule has 1 aliphatic heterocycles. The molecule has 0 atom stereocenters. The fraction of sp³-hybridized carbons (Fsp3) is 0.333. The fourth-order valence-corrected chi connectivity index (χ4v) is 2.90. The summed E-state index contributed by atoms with van der Waals surface area (Å²) in [5, 5.41) is 2.70. The molecular weight excluding hydrogens is 339 g/mol. The Morgan fingerprint density at radius 1 is 1.23 bits per heavy atom. The zero-order valence-electron chi connectivity index (χ0n) is 14.3. The Hall–Kier alpha value is -3.03. The van der Waals surface area contributed by atoms with Crippen molar-refractivity contribution in [1.82, 2.24) is 14.5 Å². The van der Waals surface area contributed by atoms with Crippen molar-refractivity contribution in [2.75, 3.05) is 18.4 Å². The average molecular weight is 358 g/mol. The van der Waals surface area contributed by atoms with Crippen LogP contribution in [0.1, 0.15) is 23.3 Å². The van der Waals surface area contributed by atoms with Crippen molar-refractivity contribution in [3.8, 4) is 0 Å². The smallest absolute Gasteiger partial charge is 0.272 e. The molecule has 0 saturated carbocycles. The van der Waals surface area contributed by atoms with Crippen LogP contribution in [0.15, 0.2) is 41.5 Å². The van der Waals surface area contributed by atoms with Crippen LogP contribution in [0.5, 0.6) is 0 Å².